The summed E-state index contributed by atoms with van der Waals surface area (Å²) in [5.41, 5.74) is 1.57. The van der Waals surface area contributed by atoms with Crippen molar-refractivity contribution in [1.82, 2.24) is 20.1 Å². The fraction of sp³-hybridized carbons (Fsp3) is 0.652. The highest BCUT2D eigenvalue weighted by molar-refractivity contribution is 5.95. The van der Waals surface area contributed by atoms with Gasteiger partial charge in [-0.25, -0.2) is 0 Å². The van der Waals surface area contributed by atoms with Gasteiger partial charge >= 0.3 is 0 Å². The van der Waals surface area contributed by atoms with E-state index in [0.717, 1.165) is 24.8 Å². The van der Waals surface area contributed by atoms with Gasteiger partial charge in [0.1, 0.15) is 0 Å². The average Bonchev–Trinajstić information content (AvgIpc) is 2.77. The molecule has 2 bridgehead atoms. The van der Waals surface area contributed by atoms with Crippen LogP contribution in [0.5, 0.6) is 0 Å². The summed E-state index contributed by atoms with van der Waals surface area (Å²) < 4.78 is 4.99. The van der Waals surface area contributed by atoms with E-state index in [0.29, 0.717) is 44.6 Å². The highest BCUT2D eigenvalue weighted by atomic mass is 16.5. The van der Waals surface area contributed by atoms with E-state index in [1.54, 1.807) is 19.5 Å². The van der Waals surface area contributed by atoms with Gasteiger partial charge in [-0.2, -0.15) is 0 Å². The van der Waals surface area contributed by atoms with Gasteiger partial charge in [-0.05, 0) is 49.7 Å². The van der Waals surface area contributed by atoms with Crippen LogP contribution >= 0.6 is 0 Å². The molecule has 8 nitrogen and oxygen atoms in total. The molecule has 3 fully saturated rings. The van der Waals surface area contributed by atoms with Gasteiger partial charge in [0.15, 0.2) is 0 Å². The Morgan fingerprint density at radius 3 is 2.87 bits per heavy atom. The zero-order valence-electron chi connectivity index (χ0n) is 18.4. The fourth-order valence-electron chi connectivity index (χ4n) is 5.56. The zero-order chi connectivity index (χ0) is 22.0. The van der Waals surface area contributed by atoms with Crippen LogP contribution < -0.4 is 5.32 Å². The second kappa shape index (κ2) is 9.34. The third-order valence-corrected chi connectivity index (χ3v) is 7.10. The van der Waals surface area contributed by atoms with Crippen LogP contribution in [0, 0.1) is 18.8 Å². The third kappa shape index (κ3) is 4.44. The molecule has 1 aromatic heterocycles. The van der Waals surface area contributed by atoms with Crippen molar-refractivity contribution in [3.05, 3.63) is 29.6 Å². The predicted octanol–water partition coefficient (Wildman–Crippen LogP) is 1.38. The van der Waals surface area contributed by atoms with Gasteiger partial charge in [0.05, 0.1) is 18.2 Å². The smallest absolute Gasteiger partial charge is 0.255 e. The van der Waals surface area contributed by atoms with Crippen LogP contribution in [0.25, 0.3) is 0 Å². The van der Waals surface area contributed by atoms with Crippen molar-refractivity contribution < 1.29 is 19.1 Å². The minimum absolute atomic E-state index is 0.0127. The Hall–Kier alpha value is -2.48. The number of amides is 3. The van der Waals surface area contributed by atoms with Gasteiger partial charge in [-0.15, -0.1) is 0 Å². The summed E-state index contributed by atoms with van der Waals surface area (Å²) in [4.78, 5) is 46.5. The first-order valence-corrected chi connectivity index (χ1v) is 11.3. The number of hydrogen-bond donors (Lipinski definition) is 1. The van der Waals surface area contributed by atoms with E-state index < -0.39 is 0 Å². The monoisotopic (exact) mass is 428 g/mol. The highest BCUT2D eigenvalue weighted by Gasteiger charge is 2.50. The number of rotatable bonds is 6. The molecule has 0 spiro atoms. The largest absolute Gasteiger partial charge is 0.384 e. The van der Waals surface area contributed by atoms with E-state index in [1.807, 2.05) is 17.9 Å². The molecular weight excluding hydrogens is 396 g/mol. The van der Waals surface area contributed by atoms with Gasteiger partial charge in [0, 0.05) is 58.0 Å². The molecule has 4 rings (SSSR count). The molecule has 168 valence electrons. The molecule has 4 atom stereocenters. The molecular formula is C23H32N4O4. The Morgan fingerprint density at radius 2 is 2.10 bits per heavy atom. The number of carbonyl (C=O) groups excluding carboxylic acids is 3. The summed E-state index contributed by atoms with van der Waals surface area (Å²) in [7, 11) is 1.57. The molecule has 1 aromatic rings. The van der Waals surface area contributed by atoms with E-state index in [4.69, 9.17) is 4.74 Å². The van der Waals surface area contributed by atoms with Crippen LogP contribution in [-0.2, 0) is 14.3 Å². The number of methoxy groups -OCH3 is 1. The summed E-state index contributed by atoms with van der Waals surface area (Å²) in [6.45, 7) is 4.00. The Morgan fingerprint density at radius 1 is 1.29 bits per heavy atom. The number of ether oxygens (including phenoxy) is 1. The van der Waals surface area contributed by atoms with Crippen molar-refractivity contribution in [2.75, 3.05) is 33.4 Å². The summed E-state index contributed by atoms with van der Waals surface area (Å²) in [6, 6.07) is 1.92. The zero-order valence-corrected chi connectivity index (χ0v) is 18.4. The summed E-state index contributed by atoms with van der Waals surface area (Å²) >= 11 is 0. The maximum atomic E-state index is 13.3. The standard InChI is InChI=1S/C23H32N4O4/c1-15-6-8-24-11-18(15)23(30)26-13-16-10-17(14-26)20(12-25-21(28)7-9-31-2)27-19(16)4-3-5-22(27)29/h6,8,11,16-17,19-20H,3-5,7,9-10,12-14H2,1-2H3,(H,25,28)/t16-,17+,19+,20+/m1/s1. The van der Waals surface area contributed by atoms with Gasteiger partial charge in [-0.1, -0.05) is 0 Å². The number of aromatic nitrogens is 1. The number of carbonyl (C=O) groups is 3. The highest BCUT2D eigenvalue weighted by Crippen LogP contribution is 2.41. The van der Waals surface area contributed by atoms with Gasteiger partial charge in [0.25, 0.3) is 5.91 Å². The van der Waals surface area contributed by atoms with E-state index in [-0.39, 0.29) is 41.6 Å². The van der Waals surface area contributed by atoms with Crippen molar-refractivity contribution in [3.8, 4) is 0 Å². The second-order valence-electron chi connectivity index (χ2n) is 9.03. The molecule has 31 heavy (non-hydrogen) atoms. The molecule has 0 saturated carbocycles. The van der Waals surface area contributed by atoms with Crippen LogP contribution in [-0.4, -0.2) is 77.9 Å². The lowest BCUT2D eigenvalue weighted by Gasteiger charge is -2.56. The number of nitrogens with one attached hydrogen (secondary N) is 1. The molecule has 4 heterocycles. The predicted molar refractivity (Wildman–Crippen MR) is 114 cm³/mol. The van der Waals surface area contributed by atoms with Gasteiger partial charge < -0.3 is 19.9 Å². The van der Waals surface area contributed by atoms with Crippen molar-refractivity contribution in [3.63, 3.8) is 0 Å². The number of fused-ring (bicyclic) bond motifs is 4. The van der Waals surface area contributed by atoms with E-state index in [9.17, 15) is 14.4 Å². The van der Waals surface area contributed by atoms with Gasteiger partial charge in [0.2, 0.25) is 11.8 Å². The minimum atomic E-state index is -0.0776. The molecule has 3 aliphatic rings. The maximum Gasteiger partial charge on any atom is 0.255 e. The first-order chi connectivity index (χ1) is 15.0. The minimum Gasteiger partial charge on any atom is -0.384 e. The lowest BCUT2D eigenvalue weighted by Crippen LogP contribution is -2.67. The van der Waals surface area contributed by atoms with Crippen molar-refractivity contribution in [2.45, 2.75) is 51.1 Å². The Balaban J connectivity index is 1.54. The van der Waals surface area contributed by atoms with E-state index in [2.05, 4.69) is 15.2 Å². The third-order valence-electron chi connectivity index (χ3n) is 7.10. The number of likely N-dealkylation sites (tertiary alicyclic amines) is 1. The molecule has 8 heteroatoms. The molecule has 0 unspecified atom stereocenters. The van der Waals surface area contributed by atoms with Crippen molar-refractivity contribution in [2.24, 2.45) is 11.8 Å². The number of nitrogens with zero attached hydrogens (tertiary/aromatic N) is 3. The number of piperidine rings is 3. The van der Waals surface area contributed by atoms with E-state index in [1.165, 1.54) is 0 Å². The average molecular weight is 429 g/mol. The van der Waals surface area contributed by atoms with Crippen LogP contribution in [0.3, 0.4) is 0 Å². The summed E-state index contributed by atoms with van der Waals surface area (Å²) in [6.07, 6.45) is 7.06. The summed E-state index contributed by atoms with van der Waals surface area (Å²) in [5, 5.41) is 3.00. The topological polar surface area (TPSA) is 91.8 Å². The Kier molecular flexibility index (Phi) is 6.55. The van der Waals surface area contributed by atoms with Crippen LogP contribution in [0.15, 0.2) is 18.5 Å². The number of pyridine rings is 1. The van der Waals surface area contributed by atoms with Crippen molar-refractivity contribution in [1.29, 1.82) is 0 Å². The van der Waals surface area contributed by atoms with Crippen LogP contribution in [0.4, 0.5) is 0 Å². The lowest BCUT2D eigenvalue weighted by molar-refractivity contribution is -0.152. The van der Waals surface area contributed by atoms with Crippen molar-refractivity contribution >= 4 is 17.7 Å². The SMILES string of the molecule is COCCC(=O)NC[C@H]1[C@H]2C[C@H](CN(C(=O)c3cnccc3C)C2)[C@@H]2CCCC(=O)N21. The Bertz CT molecular complexity index is 845. The second-order valence-corrected chi connectivity index (χ2v) is 9.03. The first kappa shape index (κ1) is 21.7. The number of aryl methyl sites for hydroxylation is 1. The molecule has 3 saturated heterocycles. The first-order valence-electron chi connectivity index (χ1n) is 11.3. The maximum absolute atomic E-state index is 13.3. The summed E-state index contributed by atoms with van der Waals surface area (Å²) in [5.74, 6) is 0.563. The molecule has 3 aliphatic heterocycles. The van der Waals surface area contributed by atoms with Crippen LogP contribution in [0.1, 0.15) is 48.0 Å². The molecule has 0 aliphatic carbocycles. The quantitative estimate of drug-likeness (QED) is 0.739. The molecule has 3 amide bonds. The van der Waals surface area contributed by atoms with Gasteiger partial charge in [-0.3, -0.25) is 19.4 Å². The lowest BCUT2D eigenvalue weighted by atomic mass is 9.72. The number of hydrogen-bond acceptors (Lipinski definition) is 5. The van der Waals surface area contributed by atoms with Crippen LogP contribution in [0.2, 0.25) is 0 Å². The normalized spacial score (nSPS) is 27.6. The molecule has 0 radical (unpaired) electrons. The molecule has 0 aromatic carbocycles. The molecule has 1 N–H and O–H groups in total. The van der Waals surface area contributed by atoms with E-state index >= 15 is 0 Å². The Labute approximate surface area is 183 Å². The fourth-order valence-corrected chi connectivity index (χ4v) is 5.56.